The molecule has 4 heteroatoms. The first-order valence-electron chi connectivity index (χ1n) is 4.95. The van der Waals surface area contributed by atoms with Crippen LogP contribution in [0.1, 0.15) is 6.92 Å². The molecule has 0 radical (unpaired) electrons. The van der Waals surface area contributed by atoms with Crippen molar-refractivity contribution in [2.24, 2.45) is 0 Å². The van der Waals surface area contributed by atoms with Crippen LogP contribution < -0.4 is 16.0 Å². The first-order valence-corrected chi connectivity index (χ1v) is 4.95. The van der Waals surface area contributed by atoms with Crippen molar-refractivity contribution in [3.8, 4) is 0 Å². The maximum atomic E-state index is 5.54. The molecule has 1 aliphatic heterocycles. The van der Waals surface area contributed by atoms with Crippen LogP contribution in [0.2, 0.25) is 0 Å². The summed E-state index contributed by atoms with van der Waals surface area (Å²) in [5, 5.41) is 3.41. The molecule has 0 spiro atoms. The highest BCUT2D eigenvalue weighted by Gasteiger charge is 2.15. The number of aromatic nitrogens is 1. The van der Waals surface area contributed by atoms with Gasteiger partial charge in [-0.05, 0) is 19.1 Å². The summed E-state index contributed by atoms with van der Waals surface area (Å²) in [6, 6.07) is 4.42. The van der Waals surface area contributed by atoms with Crippen molar-refractivity contribution in [3.05, 3.63) is 18.3 Å². The number of nitrogens with two attached hydrogens (primary N) is 1. The number of hydrogen-bond acceptors (Lipinski definition) is 4. The van der Waals surface area contributed by atoms with E-state index < -0.39 is 0 Å². The zero-order chi connectivity index (χ0) is 9.97. The number of pyridine rings is 1. The predicted molar refractivity (Wildman–Crippen MR) is 58.3 cm³/mol. The van der Waals surface area contributed by atoms with E-state index in [1.54, 1.807) is 0 Å². The van der Waals surface area contributed by atoms with Gasteiger partial charge in [0.05, 0.1) is 11.9 Å². The van der Waals surface area contributed by atoms with E-state index >= 15 is 0 Å². The van der Waals surface area contributed by atoms with Crippen molar-refractivity contribution in [1.29, 1.82) is 0 Å². The third-order valence-electron chi connectivity index (χ3n) is 2.50. The highest BCUT2D eigenvalue weighted by atomic mass is 15.2. The van der Waals surface area contributed by atoms with Crippen LogP contribution in [0.3, 0.4) is 0 Å². The number of nitrogen functional groups attached to an aromatic ring is 1. The van der Waals surface area contributed by atoms with Gasteiger partial charge in [-0.2, -0.15) is 0 Å². The summed E-state index contributed by atoms with van der Waals surface area (Å²) < 4.78 is 0. The Morgan fingerprint density at radius 2 is 2.43 bits per heavy atom. The molecular weight excluding hydrogens is 176 g/mol. The Bertz CT molecular complexity index is 295. The number of nitrogens with one attached hydrogen (secondary N) is 1. The smallest absolute Gasteiger partial charge is 0.123 e. The van der Waals surface area contributed by atoms with Crippen LogP contribution in [0.15, 0.2) is 18.3 Å². The van der Waals surface area contributed by atoms with Gasteiger partial charge in [0.2, 0.25) is 0 Å². The second kappa shape index (κ2) is 3.84. The molecule has 2 rings (SSSR count). The highest BCUT2D eigenvalue weighted by Crippen LogP contribution is 2.15. The van der Waals surface area contributed by atoms with E-state index in [-0.39, 0.29) is 0 Å². The quantitative estimate of drug-likeness (QED) is 0.679. The second-order valence-corrected chi connectivity index (χ2v) is 3.74. The first kappa shape index (κ1) is 9.27. The topological polar surface area (TPSA) is 54.2 Å². The standard InChI is InChI=1S/C10H16N4/c1-8-7-14(5-4-12-8)9-2-3-10(11)13-6-9/h2-3,6,8,12H,4-5,7H2,1H3,(H2,11,13)/t8-/m1/s1. The minimum Gasteiger partial charge on any atom is -0.384 e. The Morgan fingerprint density at radius 1 is 1.57 bits per heavy atom. The maximum absolute atomic E-state index is 5.54. The summed E-state index contributed by atoms with van der Waals surface area (Å²) >= 11 is 0. The van der Waals surface area contributed by atoms with Crippen LogP contribution in [0.25, 0.3) is 0 Å². The molecule has 1 aliphatic rings. The Hall–Kier alpha value is -1.29. The van der Waals surface area contributed by atoms with Gasteiger partial charge in [-0.15, -0.1) is 0 Å². The molecule has 1 aromatic rings. The fourth-order valence-corrected chi connectivity index (χ4v) is 1.75. The third kappa shape index (κ3) is 1.96. The molecule has 0 unspecified atom stereocenters. The van der Waals surface area contributed by atoms with E-state index in [1.165, 1.54) is 0 Å². The van der Waals surface area contributed by atoms with Gasteiger partial charge in [-0.25, -0.2) is 4.98 Å². The van der Waals surface area contributed by atoms with Crippen LogP contribution in [0, 0.1) is 0 Å². The molecule has 76 valence electrons. The van der Waals surface area contributed by atoms with Gasteiger partial charge >= 0.3 is 0 Å². The van der Waals surface area contributed by atoms with Gasteiger partial charge < -0.3 is 16.0 Å². The van der Waals surface area contributed by atoms with Crippen molar-refractivity contribution in [3.63, 3.8) is 0 Å². The molecule has 2 heterocycles. The summed E-state index contributed by atoms with van der Waals surface area (Å²) in [5.41, 5.74) is 6.70. The molecule has 4 nitrogen and oxygen atoms in total. The molecule has 3 N–H and O–H groups in total. The minimum atomic E-state index is 0.543. The lowest BCUT2D eigenvalue weighted by Crippen LogP contribution is -2.49. The number of piperazine rings is 1. The monoisotopic (exact) mass is 192 g/mol. The average molecular weight is 192 g/mol. The summed E-state index contributed by atoms with van der Waals surface area (Å²) in [7, 11) is 0. The van der Waals surface area contributed by atoms with E-state index in [0.717, 1.165) is 25.3 Å². The minimum absolute atomic E-state index is 0.543. The number of anilines is 2. The SMILES string of the molecule is C[C@@H]1CN(c2ccc(N)nc2)CCN1. The van der Waals surface area contributed by atoms with Gasteiger partial charge in [0.25, 0.3) is 0 Å². The van der Waals surface area contributed by atoms with E-state index in [1.807, 2.05) is 18.3 Å². The number of rotatable bonds is 1. The maximum Gasteiger partial charge on any atom is 0.123 e. The molecule has 0 bridgehead atoms. The Kier molecular flexibility index (Phi) is 2.54. The van der Waals surface area contributed by atoms with Crippen LogP contribution in [-0.2, 0) is 0 Å². The Balaban J connectivity index is 2.10. The fourth-order valence-electron chi connectivity index (χ4n) is 1.75. The molecule has 0 aliphatic carbocycles. The molecule has 0 amide bonds. The molecule has 0 aromatic carbocycles. The number of hydrogen-bond donors (Lipinski definition) is 2. The van der Waals surface area contributed by atoms with Gasteiger partial charge in [-0.3, -0.25) is 0 Å². The van der Waals surface area contributed by atoms with E-state index in [9.17, 15) is 0 Å². The van der Waals surface area contributed by atoms with Crippen LogP contribution in [-0.4, -0.2) is 30.7 Å². The van der Waals surface area contributed by atoms with Crippen molar-refractivity contribution in [1.82, 2.24) is 10.3 Å². The van der Waals surface area contributed by atoms with E-state index in [4.69, 9.17) is 5.73 Å². The highest BCUT2D eigenvalue weighted by molar-refractivity contribution is 5.48. The molecular formula is C10H16N4. The summed E-state index contributed by atoms with van der Waals surface area (Å²) in [4.78, 5) is 6.42. The van der Waals surface area contributed by atoms with Crippen LogP contribution in [0.5, 0.6) is 0 Å². The zero-order valence-corrected chi connectivity index (χ0v) is 8.40. The largest absolute Gasteiger partial charge is 0.384 e. The van der Waals surface area contributed by atoms with Gasteiger partial charge in [0.1, 0.15) is 5.82 Å². The van der Waals surface area contributed by atoms with E-state index in [2.05, 4.69) is 22.1 Å². The molecule has 1 fully saturated rings. The second-order valence-electron chi connectivity index (χ2n) is 3.74. The molecule has 0 saturated carbocycles. The van der Waals surface area contributed by atoms with Gasteiger partial charge in [0.15, 0.2) is 0 Å². The van der Waals surface area contributed by atoms with Crippen LogP contribution >= 0.6 is 0 Å². The fraction of sp³-hybridized carbons (Fsp3) is 0.500. The molecule has 1 atom stereocenters. The van der Waals surface area contributed by atoms with E-state index in [0.29, 0.717) is 11.9 Å². The summed E-state index contributed by atoms with van der Waals surface area (Å²) in [6.45, 7) is 5.30. The molecule has 14 heavy (non-hydrogen) atoms. The van der Waals surface area contributed by atoms with Crippen LogP contribution in [0.4, 0.5) is 11.5 Å². The normalized spacial score (nSPS) is 22.4. The third-order valence-corrected chi connectivity index (χ3v) is 2.50. The Labute approximate surface area is 84.1 Å². The first-order chi connectivity index (χ1) is 6.75. The predicted octanol–water partition coefficient (Wildman–Crippen LogP) is 0.462. The molecule has 1 saturated heterocycles. The summed E-state index contributed by atoms with van der Waals surface area (Å²) in [5.74, 6) is 0.580. The summed E-state index contributed by atoms with van der Waals surface area (Å²) in [6.07, 6.45) is 1.84. The van der Waals surface area contributed by atoms with Crippen molar-refractivity contribution in [2.45, 2.75) is 13.0 Å². The zero-order valence-electron chi connectivity index (χ0n) is 8.40. The van der Waals surface area contributed by atoms with Crippen molar-refractivity contribution >= 4 is 11.5 Å². The molecule has 1 aromatic heterocycles. The van der Waals surface area contributed by atoms with Gasteiger partial charge in [-0.1, -0.05) is 0 Å². The lowest BCUT2D eigenvalue weighted by Gasteiger charge is -2.33. The number of nitrogens with zero attached hydrogens (tertiary/aromatic N) is 2. The van der Waals surface area contributed by atoms with Crippen molar-refractivity contribution in [2.75, 3.05) is 30.3 Å². The Morgan fingerprint density at radius 3 is 3.07 bits per heavy atom. The average Bonchev–Trinajstić information content (AvgIpc) is 2.19. The van der Waals surface area contributed by atoms with Gasteiger partial charge in [0, 0.05) is 25.7 Å². The lowest BCUT2D eigenvalue weighted by molar-refractivity contribution is 0.484. The lowest BCUT2D eigenvalue weighted by atomic mass is 10.2. The van der Waals surface area contributed by atoms with Crippen molar-refractivity contribution < 1.29 is 0 Å².